The van der Waals surface area contributed by atoms with Crippen LogP contribution in [0.15, 0.2) is 83.3 Å². The molecule has 0 saturated heterocycles. The lowest BCUT2D eigenvalue weighted by molar-refractivity contribution is -0.115. The number of aromatic nitrogens is 3. The summed E-state index contributed by atoms with van der Waals surface area (Å²) in [6.45, 7) is 1.84. The Morgan fingerprint density at radius 2 is 1.52 bits per heavy atom. The molecule has 2 N–H and O–H groups in total. The maximum absolute atomic E-state index is 13.1. The van der Waals surface area contributed by atoms with Gasteiger partial charge in [0.25, 0.3) is 0 Å². The minimum atomic E-state index is -0.433. The Hall–Kier alpha value is -4.28. The third kappa shape index (κ3) is 5.98. The number of ether oxygens (including phenoxy) is 3. The maximum atomic E-state index is 13.1. The van der Waals surface area contributed by atoms with Crippen molar-refractivity contribution in [1.82, 2.24) is 15.0 Å². The molecule has 2 aromatic heterocycles. The Morgan fingerprint density at radius 3 is 2.17 bits per heavy atom. The van der Waals surface area contributed by atoms with Crippen molar-refractivity contribution >= 4 is 34.1 Å². The van der Waals surface area contributed by atoms with Crippen molar-refractivity contribution in [3.8, 4) is 51.0 Å². The van der Waals surface area contributed by atoms with Gasteiger partial charge in [0.1, 0.15) is 17.2 Å². The number of methoxy groups -OCH3 is 3. The van der Waals surface area contributed by atoms with Gasteiger partial charge in [-0.05, 0) is 67.6 Å². The molecule has 5 aromatic rings. The van der Waals surface area contributed by atoms with Crippen LogP contribution >= 0.6 is 23.1 Å². The Bertz CT molecular complexity index is 1530. The standard InChI is InChI=1S/C30H28N4O4S2/c1-18(28(35)34-29-31-24(17-39-29)23-7-5-6-8-25(23)38-4)40-30-32-26(19-9-13-21(36-2)14-10-19)27(33-30)20-11-15-22(37-3)16-12-20/h5-18H,1-4H3,(H,32,33)(H,31,34,35). The fourth-order valence-corrected chi connectivity index (χ4v) is 5.59. The number of imidazole rings is 1. The normalized spacial score (nSPS) is 11.6. The number of carbonyl (C=O) groups is 1. The highest BCUT2D eigenvalue weighted by Crippen LogP contribution is 2.36. The van der Waals surface area contributed by atoms with Crippen LogP contribution in [0.3, 0.4) is 0 Å². The quantitative estimate of drug-likeness (QED) is 0.174. The first kappa shape index (κ1) is 27.3. The lowest BCUT2D eigenvalue weighted by Gasteiger charge is -2.08. The fraction of sp³-hybridized carbons (Fsp3) is 0.167. The maximum Gasteiger partial charge on any atom is 0.239 e. The van der Waals surface area contributed by atoms with E-state index in [0.717, 1.165) is 51.0 Å². The molecular weight excluding hydrogens is 544 g/mol. The van der Waals surface area contributed by atoms with Crippen LogP contribution in [0.1, 0.15) is 6.92 Å². The third-order valence-electron chi connectivity index (χ3n) is 6.20. The smallest absolute Gasteiger partial charge is 0.239 e. The second kappa shape index (κ2) is 12.3. The number of nitrogens with one attached hydrogen (secondary N) is 2. The summed E-state index contributed by atoms with van der Waals surface area (Å²) in [6.07, 6.45) is 0. The number of thioether (sulfide) groups is 1. The van der Waals surface area contributed by atoms with E-state index in [1.165, 1.54) is 23.1 Å². The topological polar surface area (TPSA) is 98.4 Å². The molecule has 204 valence electrons. The molecule has 0 spiro atoms. The highest BCUT2D eigenvalue weighted by atomic mass is 32.2. The summed E-state index contributed by atoms with van der Waals surface area (Å²) >= 11 is 2.72. The number of anilines is 1. The van der Waals surface area contributed by atoms with Crippen LogP contribution < -0.4 is 19.5 Å². The van der Waals surface area contributed by atoms with Crippen molar-refractivity contribution in [2.24, 2.45) is 0 Å². The van der Waals surface area contributed by atoms with Crippen LogP contribution in [0, 0.1) is 0 Å². The minimum absolute atomic E-state index is 0.167. The molecule has 1 amide bonds. The predicted octanol–water partition coefficient (Wildman–Crippen LogP) is 7.01. The molecule has 5 rings (SSSR count). The molecule has 1 unspecified atom stereocenters. The zero-order valence-corrected chi connectivity index (χ0v) is 24.1. The number of carbonyl (C=O) groups excluding carboxylic acids is 1. The summed E-state index contributed by atoms with van der Waals surface area (Å²) in [4.78, 5) is 26.0. The first-order valence-corrected chi connectivity index (χ1v) is 14.2. The Kier molecular flexibility index (Phi) is 8.37. The zero-order valence-electron chi connectivity index (χ0n) is 22.4. The number of hydrogen-bond donors (Lipinski definition) is 2. The number of thiazole rings is 1. The molecular formula is C30H28N4O4S2. The summed E-state index contributed by atoms with van der Waals surface area (Å²) in [5, 5.41) is 5.56. The number of hydrogen-bond acceptors (Lipinski definition) is 8. The van der Waals surface area contributed by atoms with Crippen LogP contribution in [0.2, 0.25) is 0 Å². The van der Waals surface area contributed by atoms with E-state index in [1.54, 1.807) is 21.3 Å². The molecule has 3 aromatic carbocycles. The van der Waals surface area contributed by atoms with E-state index in [9.17, 15) is 4.79 Å². The summed E-state index contributed by atoms with van der Waals surface area (Å²) < 4.78 is 16.1. The van der Waals surface area contributed by atoms with Crippen molar-refractivity contribution in [3.63, 3.8) is 0 Å². The second-order valence-corrected chi connectivity index (χ2v) is 10.9. The van der Waals surface area contributed by atoms with Crippen LogP contribution in [0.4, 0.5) is 5.13 Å². The predicted molar refractivity (Wildman–Crippen MR) is 161 cm³/mol. The molecule has 8 nitrogen and oxygen atoms in total. The minimum Gasteiger partial charge on any atom is -0.497 e. The lowest BCUT2D eigenvalue weighted by Crippen LogP contribution is -2.22. The number of rotatable bonds is 10. The number of para-hydroxylation sites is 1. The average molecular weight is 573 g/mol. The van der Waals surface area contributed by atoms with Gasteiger partial charge in [-0.2, -0.15) is 0 Å². The van der Waals surface area contributed by atoms with Crippen molar-refractivity contribution in [1.29, 1.82) is 0 Å². The van der Waals surface area contributed by atoms with Crippen LogP contribution in [-0.2, 0) is 4.79 Å². The van der Waals surface area contributed by atoms with E-state index < -0.39 is 5.25 Å². The molecule has 0 fully saturated rings. The van der Waals surface area contributed by atoms with Gasteiger partial charge in [-0.25, -0.2) is 9.97 Å². The molecule has 0 aliphatic rings. The van der Waals surface area contributed by atoms with Gasteiger partial charge in [0.15, 0.2) is 10.3 Å². The lowest BCUT2D eigenvalue weighted by atomic mass is 10.0. The molecule has 0 bridgehead atoms. The van der Waals surface area contributed by atoms with Crippen LogP contribution in [-0.4, -0.2) is 47.4 Å². The van der Waals surface area contributed by atoms with E-state index in [0.29, 0.717) is 10.3 Å². The monoisotopic (exact) mass is 572 g/mol. The van der Waals surface area contributed by atoms with E-state index >= 15 is 0 Å². The van der Waals surface area contributed by atoms with E-state index in [-0.39, 0.29) is 5.91 Å². The van der Waals surface area contributed by atoms with Gasteiger partial charge in [0, 0.05) is 22.1 Å². The number of benzene rings is 3. The third-order valence-corrected chi connectivity index (χ3v) is 7.94. The zero-order chi connectivity index (χ0) is 28.1. The number of nitrogens with zero attached hydrogens (tertiary/aromatic N) is 2. The Labute approximate surface area is 240 Å². The van der Waals surface area contributed by atoms with Gasteiger partial charge in [-0.3, -0.25) is 4.79 Å². The fourth-order valence-electron chi connectivity index (χ4n) is 4.07. The first-order valence-electron chi connectivity index (χ1n) is 12.4. The van der Waals surface area contributed by atoms with Gasteiger partial charge in [-0.1, -0.05) is 23.9 Å². The molecule has 2 heterocycles. The van der Waals surface area contributed by atoms with Gasteiger partial charge in [0.2, 0.25) is 5.91 Å². The molecule has 1 atom stereocenters. The van der Waals surface area contributed by atoms with Gasteiger partial charge < -0.3 is 24.5 Å². The Balaban J connectivity index is 1.35. The molecule has 10 heteroatoms. The molecule has 0 radical (unpaired) electrons. The summed E-state index contributed by atoms with van der Waals surface area (Å²) in [5.74, 6) is 2.10. The van der Waals surface area contributed by atoms with Gasteiger partial charge in [0.05, 0.1) is 43.7 Å². The molecule has 0 saturated carbocycles. The SMILES string of the molecule is COc1ccc(-c2nc(SC(C)C(=O)Nc3nc(-c4ccccc4OC)cs3)[nH]c2-c2ccc(OC)cc2)cc1. The first-order chi connectivity index (χ1) is 19.5. The van der Waals surface area contributed by atoms with Crippen molar-refractivity contribution in [2.75, 3.05) is 26.6 Å². The Morgan fingerprint density at radius 1 is 0.875 bits per heavy atom. The largest absolute Gasteiger partial charge is 0.497 e. The number of aromatic amines is 1. The highest BCUT2D eigenvalue weighted by Gasteiger charge is 2.21. The van der Waals surface area contributed by atoms with Gasteiger partial charge >= 0.3 is 0 Å². The second-order valence-electron chi connectivity index (χ2n) is 8.71. The van der Waals surface area contributed by atoms with Crippen molar-refractivity contribution < 1.29 is 19.0 Å². The van der Waals surface area contributed by atoms with Crippen LogP contribution in [0.25, 0.3) is 33.8 Å². The van der Waals surface area contributed by atoms with Crippen LogP contribution in [0.5, 0.6) is 17.2 Å². The number of H-pyrrole nitrogens is 1. The molecule has 0 aliphatic heterocycles. The summed E-state index contributed by atoms with van der Waals surface area (Å²) in [5.41, 5.74) is 5.14. The summed E-state index contributed by atoms with van der Waals surface area (Å²) in [6, 6.07) is 23.2. The van der Waals surface area contributed by atoms with E-state index in [1.807, 2.05) is 85.1 Å². The highest BCUT2D eigenvalue weighted by molar-refractivity contribution is 8.00. The number of amides is 1. The molecule has 40 heavy (non-hydrogen) atoms. The summed E-state index contributed by atoms with van der Waals surface area (Å²) in [7, 11) is 4.90. The van der Waals surface area contributed by atoms with E-state index in [4.69, 9.17) is 19.2 Å². The van der Waals surface area contributed by atoms with Crippen molar-refractivity contribution in [2.45, 2.75) is 17.3 Å². The average Bonchev–Trinajstić information content (AvgIpc) is 3.64. The molecule has 0 aliphatic carbocycles. The van der Waals surface area contributed by atoms with Crippen molar-refractivity contribution in [3.05, 3.63) is 78.2 Å². The van der Waals surface area contributed by atoms with E-state index in [2.05, 4.69) is 15.3 Å². The van der Waals surface area contributed by atoms with Gasteiger partial charge in [-0.15, -0.1) is 11.3 Å².